The van der Waals surface area contributed by atoms with Gasteiger partial charge in [0.05, 0.1) is 29.6 Å². The first-order chi connectivity index (χ1) is 8.79. The van der Waals surface area contributed by atoms with E-state index in [1.54, 1.807) is 0 Å². The van der Waals surface area contributed by atoms with Crippen molar-refractivity contribution in [1.82, 2.24) is 19.1 Å². The van der Waals surface area contributed by atoms with Crippen LogP contribution in [0.15, 0.2) is 36.8 Å². The SMILES string of the molecule is CCc1nc2ccccc2n1Cc1cncn1C. The van der Waals surface area contributed by atoms with Crippen LogP contribution in [0, 0.1) is 0 Å². The van der Waals surface area contributed by atoms with E-state index in [1.807, 2.05) is 30.2 Å². The lowest BCUT2D eigenvalue weighted by atomic mass is 10.3. The molecule has 0 saturated carbocycles. The van der Waals surface area contributed by atoms with Crippen LogP contribution in [0.3, 0.4) is 0 Å². The van der Waals surface area contributed by atoms with Gasteiger partial charge in [0.2, 0.25) is 0 Å². The van der Waals surface area contributed by atoms with Crippen LogP contribution >= 0.6 is 0 Å². The van der Waals surface area contributed by atoms with Crippen LogP contribution in [-0.2, 0) is 20.0 Å². The highest BCUT2D eigenvalue weighted by molar-refractivity contribution is 5.76. The van der Waals surface area contributed by atoms with Gasteiger partial charge in [0.1, 0.15) is 5.82 Å². The molecule has 0 aliphatic heterocycles. The van der Waals surface area contributed by atoms with Crippen LogP contribution in [0.25, 0.3) is 11.0 Å². The van der Waals surface area contributed by atoms with Gasteiger partial charge in [-0.25, -0.2) is 9.97 Å². The molecule has 4 nitrogen and oxygen atoms in total. The molecule has 0 radical (unpaired) electrons. The molecule has 3 rings (SSSR count). The van der Waals surface area contributed by atoms with Crippen molar-refractivity contribution >= 4 is 11.0 Å². The monoisotopic (exact) mass is 240 g/mol. The maximum Gasteiger partial charge on any atom is 0.109 e. The van der Waals surface area contributed by atoms with Crippen molar-refractivity contribution in [2.24, 2.45) is 7.05 Å². The zero-order valence-corrected chi connectivity index (χ0v) is 10.7. The lowest BCUT2D eigenvalue weighted by Gasteiger charge is -2.08. The van der Waals surface area contributed by atoms with E-state index in [0.29, 0.717) is 0 Å². The predicted octanol–water partition coefficient (Wildman–Crippen LogP) is 2.38. The first kappa shape index (κ1) is 11.0. The molecular weight excluding hydrogens is 224 g/mol. The number of aromatic nitrogens is 4. The molecule has 0 unspecified atom stereocenters. The van der Waals surface area contributed by atoms with Gasteiger partial charge in [0.25, 0.3) is 0 Å². The fraction of sp³-hybridized carbons (Fsp3) is 0.286. The molecule has 0 aliphatic carbocycles. The Bertz CT molecular complexity index is 678. The minimum Gasteiger partial charge on any atom is -0.336 e. The molecule has 3 aromatic rings. The van der Waals surface area contributed by atoms with Gasteiger partial charge < -0.3 is 9.13 Å². The number of aryl methyl sites for hydroxylation is 2. The molecule has 92 valence electrons. The average Bonchev–Trinajstić information content (AvgIpc) is 2.95. The predicted molar refractivity (Wildman–Crippen MR) is 71.4 cm³/mol. The average molecular weight is 240 g/mol. The normalized spacial score (nSPS) is 11.2. The highest BCUT2D eigenvalue weighted by Gasteiger charge is 2.10. The smallest absolute Gasteiger partial charge is 0.109 e. The quantitative estimate of drug-likeness (QED) is 0.704. The fourth-order valence-corrected chi connectivity index (χ4v) is 2.27. The highest BCUT2D eigenvalue weighted by Crippen LogP contribution is 2.18. The lowest BCUT2D eigenvalue weighted by Crippen LogP contribution is -2.07. The Morgan fingerprint density at radius 3 is 2.78 bits per heavy atom. The Labute approximate surface area is 106 Å². The largest absolute Gasteiger partial charge is 0.336 e. The summed E-state index contributed by atoms with van der Waals surface area (Å²) in [5, 5.41) is 0. The molecule has 2 aromatic heterocycles. The first-order valence-corrected chi connectivity index (χ1v) is 6.19. The Kier molecular flexibility index (Phi) is 2.63. The zero-order valence-electron chi connectivity index (χ0n) is 10.7. The molecule has 0 spiro atoms. The lowest BCUT2D eigenvalue weighted by molar-refractivity contribution is 0.701. The summed E-state index contributed by atoms with van der Waals surface area (Å²) in [4.78, 5) is 8.84. The van der Waals surface area contributed by atoms with Crippen LogP contribution in [0.5, 0.6) is 0 Å². The molecule has 1 aromatic carbocycles. The minimum absolute atomic E-state index is 0.820. The van der Waals surface area contributed by atoms with E-state index in [2.05, 4.69) is 39.7 Å². The van der Waals surface area contributed by atoms with E-state index in [9.17, 15) is 0 Å². The molecule has 0 fully saturated rings. The second kappa shape index (κ2) is 4.29. The van der Waals surface area contributed by atoms with Crippen molar-refractivity contribution in [3.05, 3.63) is 48.3 Å². The summed E-state index contributed by atoms with van der Waals surface area (Å²) in [6.07, 6.45) is 4.68. The molecule has 2 heterocycles. The molecule has 0 aliphatic rings. The fourth-order valence-electron chi connectivity index (χ4n) is 2.27. The Hall–Kier alpha value is -2.10. The third-order valence-corrected chi connectivity index (χ3v) is 3.29. The van der Waals surface area contributed by atoms with Crippen LogP contribution in [0.4, 0.5) is 0 Å². The van der Waals surface area contributed by atoms with Crippen LogP contribution in [-0.4, -0.2) is 19.1 Å². The van der Waals surface area contributed by atoms with Gasteiger partial charge >= 0.3 is 0 Å². The van der Waals surface area contributed by atoms with Gasteiger partial charge in [-0.1, -0.05) is 19.1 Å². The summed E-state index contributed by atoms with van der Waals surface area (Å²) in [6, 6.07) is 8.28. The van der Waals surface area contributed by atoms with E-state index in [4.69, 9.17) is 0 Å². The number of para-hydroxylation sites is 2. The first-order valence-electron chi connectivity index (χ1n) is 6.19. The van der Waals surface area contributed by atoms with Crippen LogP contribution in [0.1, 0.15) is 18.4 Å². The summed E-state index contributed by atoms with van der Waals surface area (Å²) in [6.45, 7) is 2.96. The summed E-state index contributed by atoms with van der Waals surface area (Å²) in [5.41, 5.74) is 3.44. The van der Waals surface area contributed by atoms with Gasteiger partial charge in [0, 0.05) is 19.7 Å². The van der Waals surface area contributed by atoms with E-state index in [1.165, 1.54) is 11.2 Å². The maximum atomic E-state index is 4.67. The third kappa shape index (κ3) is 1.70. The van der Waals surface area contributed by atoms with E-state index < -0.39 is 0 Å². The van der Waals surface area contributed by atoms with Gasteiger partial charge in [-0.05, 0) is 12.1 Å². The van der Waals surface area contributed by atoms with Crippen molar-refractivity contribution in [3.63, 3.8) is 0 Å². The van der Waals surface area contributed by atoms with Crippen molar-refractivity contribution in [2.75, 3.05) is 0 Å². The number of fused-ring (bicyclic) bond motifs is 1. The number of hydrogen-bond donors (Lipinski definition) is 0. The number of benzene rings is 1. The number of rotatable bonds is 3. The molecule has 4 heteroatoms. The minimum atomic E-state index is 0.820. The molecular formula is C14H16N4. The maximum absolute atomic E-state index is 4.67. The summed E-state index contributed by atoms with van der Waals surface area (Å²) >= 11 is 0. The molecule has 0 amide bonds. The second-order valence-corrected chi connectivity index (χ2v) is 4.45. The van der Waals surface area contributed by atoms with Crippen molar-refractivity contribution in [2.45, 2.75) is 19.9 Å². The van der Waals surface area contributed by atoms with Crippen molar-refractivity contribution < 1.29 is 0 Å². The second-order valence-electron chi connectivity index (χ2n) is 4.45. The topological polar surface area (TPSA) is 35.6 Å². The van der Waals surface area contributed by atoms with Crippen LogP contribution < -0.4 is 0 Å². The number of imidazole rings is 2. The molecule has 0 atom stereocenters. The van der Waals surface area contributed by atoms with Crippen LogP contribution in [0.2, 0.25) is 0 Å². The number of hydrogen-bond acceptors (Lipinski definition) is 2. The Morgan fingerprint density at radius 2 is 2.06 bits per heavy atom. The van der Waals surface area contributed by atoms with Gasteiger partial charge in [-0.2, -0.15) is 0 Å². The standard InChI is InChI=1S/C14H16N4/c1-3-14-16-12-6-4-5-7-13(12)18(14)9-11-8-15-10-17(11)2/h4-8,10H,3,9H2,1-2H3. The van der Waals surface area contributed by atoms with E-state index >= 15 is 0 Å². The van der Waals surface area contributed by atoms with Gasteiger partial charge in [-0.3, -0.25) is 0 Å². The van der Waals surface area contributed by atoms with Gasteiger partial charge in [0.15, 0.2) is 0 Å². The number of nitrogens with zero attached hydrogens (tertiary/aromatic N) is 4. The van der Waals surface area contributed by atoms with E-state index in [0.717, 1.165) is 24.3 Å². The van der Waals surface area contributed by atoms with Crippen molar-refractivity contribution in [3.8, 4) is 0 Å². The van der Waals surface area contributed by atoms with Gasteiger partial charge in [-0.15, -0.1) is 0 Å². The molecule has 0 bridgehead atoms. The zero-order chi connectivity index (χ0) is 12.5. The summed E-state index contributed by atoms with van der Waals surface area (Å²) in [7, 11) is 2.02. The molecule has 0 N–H and O–H groups in total. The summed E-state index contributed by atoms with van der Waals surface area (Å²) in [5.74, 6) is 1.12. The highest BCUT2D eigenvalue weighted by atomic mass is 15.1. The third-order valence-electron chi connectivity index (χ3n) is 3.29. The van der Waals surface area contributed by atoms with Crippen molar-refractivity contribution in [1.29, 1.82) is 0 Å². The van der Waals surface area contributed by atoms with E-state index in [-0.39, 0.29) is 0 Å². The Balaban J connectivity index is 2.12. The molecule has 18 heavy (non-hydrogen) atoms. The Morgan fingerprint density at radius 1 is 1.22 bits per heavy atom. The molecule has 0 saturated heterocycles. The summed E-state index contributed by atoms with van der Waals surface area (Å²) < 4.78 is 4.32.